The molecule has 6 heteroatoms. The Hall–Kier alpha value is -0.590. The van der Waals surface area contributed by atoms with E-state index in [0.717, 1.165) is 24.3 Å². The van der Waals surface area contributed by atoms with E-state index < -0.39 is 0 Å². The predicted molar refractivity (Wildman–Crippen MR) is 69.6 cm³/mol. The topological polar surface area (TPSA) is 68.4 Å². The van der Waals surface area contributed by atoms with Gasteiger partial charge in [0.25, 0.3) is 0 Å². The fourth-order valence-electron chi connectivity index (χ4n) is 2.06. The normalized spacial score (nSPS) is 25.5. The van der Waals surface area contributed by atoms with Crippen molar-refractivity contribution in [1.82, 2.24) is 10.1 Å². The van der Waals surface area contributed by atoms with E-state index in [2.05, 4.69) is 17.1 Å². The van der Waals surface area contributed by atoms with E-state index in [1.54, 1.807) is 11.8 Å². The van der Waals surface area contributed by atoms with E-state index in [1.165, 1.54) is 0 Å². The van der Waals surface area contributed by atoms with E-state index in [-0.39, 0.29) is 18.1 Å². The molecule has 1 fully saturated rings. The van der Waals surface area contributed by atoms with Gasteiger partial charge in [-0.15, -0.1) is 0 Å². The molecule has 1 N–H and O–H groups in total. The Bertz CT molecular complexity index is 366. The second-order valence-corrected chi connectivity index (χ2v) is 5.51. The highest BCUT2D eigenvalue weighted by Gasteiger charge is 2.32. The number of nitrogens with zero attached hydrogens (tertiary/aromatic N) is 2. The predicted octanol–water partition coefficient (Wildman–Crippen LogP) is 2.14. The van der Waals surface area contributed by atoms with Crippen LogP contribution in [0.3, 0.4) is 0 Å². The van der Waals surface area contributed by atoms with Crippen molar-refractivity contribution in [3.63, 3.8) is 0 Å². The molecule has 0 radical (unpaired) electrons. The average Bonchev–Trinajstić information content (AvgIpc) is 2.97. The van der Waals surface area contributed by atoms with Crippen molar-refractivity contribution in [2.24, 2.45) is 0 Å². The summed E-state index contributed by atoms with van der Waals surface area (Å²) in [6.07, 6.45) is 1.43. The van der Waals surface area contributed by atoms with Crippen molar-refractivity contribution < 1.29 is 14.4 Å². The van der Waals surface area contributed by atoms with Crippen LogP contribution in [0.15, 0.2) is 4.52 Å². The Morgan fingerprint density at radius 3 is 2.94 bits per heavy atom. The fourth-order valence-corrected chi connectivity index (χ4v) is 3.29. The maximum Gasteiger partial charge on any atom is 0.233 e. The lowest BCUT2D eigenvalue weighted by Crippen LogP contribution is -2.16. The largest absolute Gasteiger partial charge is 0.391 e. The zero-order chi connectivity index (χ0) is 13.0. The molecule has 1 saturated heterocycles. The molecule has 102 valence electrons. The molecule has 0 saturated carbocycles. The lowest BCUT2D eigenvalue weighted by Gasteiger charge is -2.11. The summed E-state index contributed by atoms with van der Waals surface area (Å²) in [6, 6.07) is 0. The lowest BCUT2D eigenvalue weighted by molar-refractivity contribution is 0.0477. The molecular formula is C12H20N2O3S. The van der Waals surface area contributed by atoms with Crippen molar-refractivity contribution in [2.75, 3.05) is 18.1 Å². The van der Waals surface area contributed by atoms with Crippen LogP contribution in [0.1, 0.15) is 50.4 Å². The molecule has 1 aromatic rings. The molecule has 2 heterocycles. The van der Waals surface area contributed by atoms with Crippen LogP contribution in [-0.2, 0) is 4.74 Å². The summed E-state index contributed by atoms with van der Waals surface area (Å²) >= 11 is 1.71. The molecule has 1 aliphatic rings. The second-order valence-electron chi connectivity index (χ2n) is 4.43. The van der Waals surface area contributed by atoms with Gasteiger partial charge < -0.3 is 14.4 Å². The van der Waals surface area contributed by atoms with E-state index in [1.807, 2.05) is 6.92 Å². The van der Waals surface area contributed by atoms with Gasteiger partial charge in [0.1, 0.15) is 6.10 Å². The quantitative estimate of drug-likeness (QED) is 0.855. The van der Waals surface area contributed by atoms with Gasteiger partial charge in [0.05, 0.1) is 12.0 Å². The number of aliphatic hydroxyl groups is 1. The van der Waals surface area contributed by atoms with E-state index >= 15 is 0 Å². The minimum absolute atomic E-state index is 0.0276. The zero-order valence-electron chi connectivity index (χ0n) is 10.8. The van der Waals surface area contributed by atoms with Gasteiger partial charge >= 0.3 is 0 Å². The first-order valence-electron chi connectivity index (χ1n) is 6.47. The minimum atomic E-state index is -0.375. The minimum Gasteiger partial charge on any atom is -0.391 e. The number of ether oxygens (including phenoxy) is 1. The van der Waals surface area contributed by atoms with Gasteiger partial charge in [-0.2, -0.15) is 16.7 Å². The number of aliphatic hydroxyl groups excluding tert-OH is 1. The first kappa shape index (κ1) is 13.8. The summed E-state index contributed by atoms with van der Waals surface area (Å²) in [7, 11) is 0. The molecule has 2 rings (SSSR count). The van der Waals surface area contributed by atoms with Gasteiger partial charge in [-0.25, -0.2) is 0 Å². The standard InChI is InChI=1S/C12H20N2O3S/c1-3-5-10(16-4-2)11-13-12(17-14-11)8-6-18-7-9(8)15/h8-10,15H,3-7H2,1-2H3. The molecular weight excluding hydrogens is 252 g/mol. The number of thioether (sulfide) groups is 1. The van der Waals surface area contributed by atoms with Crippen molar-refractivity contribution in [1.29, 1.82) is 0 Å². The molecule has 3 unspecified atom stereocenters. The highest BCUT2D eigenvalue weighted by atomic mass is 32.2. The Morgan fingerprint density at radius 1 is 1.50 bits per heavy atom. The molecule has 0 aliphatic carbocycles. The summed E-state index contributed by atoms with van der Waals surface area (Å²) in [5, 5.41) is 13.8. The van der Waals surface area contributed by atoms with Gasteiger partial charge in [0, 0.05) is 18.1 Å². The highest BCUT2D eigenvalue weighted by Crippen LogP contribution is 2.32. The smallest absolute Gasteiger partial charge is 0.233 e. The van der Waals surface area contributed by atoms with Crippen LogP contribution in [0.2, 0.25) is 0 Å². The van der Waals surface area contributed by atoms with Gasteiger partial charge in [-0.05, 0) is 13.3 Å². The first-order valence-corrected chi connectivity index (χ1v) is 7.62. The molecule has 0 aromatic carbocycles. The van der Waals surface area contributed by atoms with Crippen LogP contribution >= 0.6 is 11.8 Å². The van der Waals surface area contributed by atoms with Crippen molar-refractivity contribution >= 4 is 11.8 Å². The molecule has 0 bridgehead atoms. The number of rotatable bonds is 6. The zero-order valence-corrected chi connectivity index (χ0v) is 11.7. The third kappa shape index (κ3) is 3.05. The maximum absolute atomic E-state index is 9.82. The van der Waals surface area contributed by atoms with Gasteiger partial charge in [-0.1, -0.05) is 18.5 Å². The highest BCUT2D eigenvalue weighted by molar-refractivity contribution is 7.99. The monoisotopic (exact) mass is 272 g/mol. The fraction of sp³-hybridized carbons (Fsp3) is 0.833. The summed E-state index contributed by atoms with van der Waals surface area (Å²) in [4.78, 5) is 4.40. The average molecular weight is 272 g/mol. The Labute approximate surface area is 111 Å². The van der Waals surface area contributed by atoms with Crippen molar-refractivity contribution in [3.05, 3.63) is 11.7 Å². The van der Waals surface area contributed by atoms with Crippen molar-refractivity contribution in [2.45, 2.75) is 44.8 Å². The number of hydrogen-bond acceptors (Lipinski definition) is 6. The van der Waals surface area contributed by atoms with Crippen LogP contribution in [-0.4, -0.2) is 39.5 Å². The molecule has 0 spiro atoms. The molecule has 1 aliphatic heterocycles. The molecule has 3 atom stereocenters. The molecule has 18 heavy (non-hydrogen) atoms. The van der Waals surface area contributed by atoms with E-state index in [9.17, 15) is 5.11 Å². The van der Waals surface area contributed by atoms with Crippen LogP contribution in [0.4, 0.5) is 0 Å². The van der Waals surface area contributed by atoms with Gasteiger partial charge in [-0.3, -0.25) is 0 Å². The Balaban J connectivity index is 2.08. The third-order valence-electron chi connectivity index (χ3n) is 3.03. The van der Waals surface area contributed by atoms with Crippen molar-refractivity contribution in [3.8, 4) is 0 Å². The number of hydrogen-bond donors (Lipinski definition) is 1. The third-order valence-corrected chi connectivity index (χ3v) is 4.20. The summed E-state index contributed by atoms with van der Waals surface area (Å²) in [5.74, 6) is 2.71. The molecule has 5 nitrogen and oxygen atoms in total. The first-order chi connectivity index (χ1) is 8.76. The van der Waals surface area contributed by atoms with Crippen LogP contribution in [0.25, 0.3) is 0 Å². The molecule has 1 aromatic heterocycles. The van der Waals surface area contributed by atoms with E-state index in [4.69, 9.17) is 9.26 Å². The van der Waals surface area contributed by atoms with Crippen LogP contribution < -0.4 is 0 Å². The summed E-state index contributed by atoms with van der Waals surface area (Å²) < 4.78 is 10.9. The Kier molecular flexibility index (Phi) is 5.03. The summed E-state index contributed by atoms with van der Waals surface area (Å²) in [5.41, 5.74) is 0. The summed E-state index contributed by atoms with van der Waals surface area (Å²) in [6.45, 7) is 4.70. The van der Waals surface area contributed by atoms with Gasteiger partial charge in [0.2, 0.25) is 11.7 Å². The lowest BCUT2D eigenvalue weighted by atomic mass is 10.1. The molecule has 0 amide bonds. The van der Waals surface area contributed by atoms with Crippen LogP contribution in [0.5, 0.6) is 0 Å². The van der Waals surface area contributed by atoms with Crippen LogP contribution in [0, 0.1) is 0 Å². The Morgan fingerprint density at radius 2 is 2.33 bits per heavy atom. The van der Waals surface area contributed by atoms with E-state index in [0.29, 0.717) is 18.3 Å². The van der Waals surface area contributed by atoms with Gasteiger partial charge in [0.15, 0.2) is 0 Å². The maximum atomic E-state index is 9.82. The second kappa shape index (κ2) is 6.54. The number of aromatic nitrogens is 2. The SMILES string of the molecule is CCCC(OCC)c1noc(C2CSCC2O)n1.